The first-order valence-electron chi connectivity index (χ1n) is 5.82. The van der Waals surface area contributed by atoms with Gasteiger partial charge in [0.25, 0.3) is 10.1 Å². The monoisotopic (exact) mass is 398 g/mol. The predicted molar refractivity (Wildman–Crippen MR) is 77.6 cm³/mol. The Balaban J connectivity index is 2.15. The van der Waals surface area contributed by atoms with E-state index >= 15 is 0 Å². The van der Waals surface area contributed by atoms with E-state index in [1.54, 1.807) is 12.1 Å². The molecule has 0 unspecified atom stereocenters. The van der Waals surface area contributed by atoms with Gasteiger partial charge in [0.05, 0.1) is 11.0 Å². The number of aliphatic hydroxyl groups excluding tert-OH is 1. The molecule has 5 nitrogen and oxygen atoms in total. The van der Waals surface area contributed by atoms with Gasteiger partial charge in [0.1, 0.15) is 6.10 Å². The first kappa shape index (κ1) is 15.2. The number of hydrogen-bond donors (Lipinski definition) is 1. The smallest absolute Gasteiger partial charge is 0.297 e. The molecule has 0 aromatic heterocycles. The summed E-state index contributed by atoms with van der Waals surface area (Å²) in [6, 6.07) is 6.45. The zero-order chi connectivity index (χ0) is 14.0. The normalized spacial score (nSPS) is 27.6. The third kappa shape index (κ3) is 3.66. The van der Waals surface area contributed by atoms with Crippen molar-refractivity contribution < 1.29 is 22.4 Å². The molecule has 1 N–H and O–H groups in total. The van der Waals surface area contributed by atoms with Crippen LogP contribution in [0.25, 0.3) is 0 Å². The highest BCUT2D eigenvalue weighted by atomic mass is 127. The van der Waals surface area contributed by atoms with Crippen LogP contribution in [0.2, 0.25) is 0 Å². The second kappa shape index (κ2) is 6.04. The molecule has 0 bridgehead atoms. The van der Waals surface area contributed by atoms with E-state index in [1.807, 2.05) is 6.92 Å². The average Bonchev–Trinajstić information content (AvgIpc) is 2.69. The average molecular weight is 398 g/mol. The topological polar surface area (TPSA) is 72.8 Å². The lowest BCUT2D eigenvalue weighted by Crippen LogP contribution is -2.28. The highest BCUT2D eigenvalue weighted by Crippen LogP contribution is 2.27. The summed E-state index contributed by atoms with van der Waals surface area (Å²) in [4.78, 5) is 0.117. The Kier molecular flexibility index (Phi) is 4.83. The minimum absolute atomic E-state index is 0.117. The fraction of sp³-hybridized carbons (Fsp3) is 0.500. The number of alkyl halides is 1. The van der Waals surface area contributed by atoms with Crippen LogP contribution in [0.1, 0.15) is 12.0 Å². The summed E-state index contributed by atoms with van der Waals surface area (Å²) in [7, 11) is -3.82. The third-order valence-corrected chi connectivity index (χ3v) is 5.11. The third-order valence-electron chi connectivity index (χ3n) is 2.89. The van der Waals surface area contributed by atoms with Crippen molar-refractivity contribution in [2.75, 3.05) is 4.43 Å². The number of ether oxygens (including phenoxy) is 1. The molecule has 1 fully saturated rings. The molecule has 0 spiro atoms. The Morgan fingerprint density at radius 1 is 1.42 bits per heavy atom. The number of rotatable bonds is 4. The predicted octanol–water partition coefficient (Wildman–Crippen LogP) is 1.61. The summed E-state index contributed by atoms with van der Waals surface area (Å²) < 4.78 is 35.1. The summed E-state index contributed by atoms with van der Waals surface area (Å²) in [5.41, 5.74) is 0.976. The number of hydrogen-bond acceptors (Lipinski definition) is 5. The summed E-state index contributed by atoms with van der Waals surface area (Å²) >= 11 is 2.07. The van der Waals surface area contributed by atoms with E-state index < -0.39 is 28.6 Å². The largest absolute Gasteiger partial charge is 0.368 e. The van der Waals surface area contributed by atoms with Crippen LogP contribution >= 0.6 is 22.6 Å². The van der Waals surface area contributed by atoms with E-state index in [9.17, 15) is 13.5 Å². The van der Waals surface area contributed by atoms with Crippen molar-refractivity contribution in [1.82, 2.24) is 0 Å². The lowest BCUT2D eigenvalue weighted by atomic mass is 10.2. The van der Waals surface area contributed by atoms with E-state index in [0.29, 0.717) is 4.43 Å². The van der Waals surface area contributed by atoms with Crippen molar-refractivity contribution in [3.05, 3.63) is 29.8 Å². The van der Waals surface area contributed by atoms with Crippen molar-refractivity contribution >= 4 is 32.7 Å². The molecule has 1 aliphatic rings. The molecule has 7 heteroatoms. The summed E-state index contributed by atoms with van der Waals surface area (Å²) in [5, 5.41) is 9.40. The van der Waals surface area contributed by atoms with Crippen LogP contribution in [0, 0.1) is 6.92 Å². The lowest BCUT2D eigenvalue weighted by Gasteiger charge is -2.16. The zero-order valence-electron chi connectivity index (χ0n) is 10.3. The van der Waals surface area contributed by atoms with Gasteiger partial charge in [-0.1, -0.05) is 40.3 Å². The van der Waals surface area contributed by atoms with Crippen LogP contribution in [0.3, 0.4) is 0 Å². The molecular weight excluding hydrogens is 383 g/mol. The van der Waals surface area contributed by atoms with Crippen LogP contribution in [0.5, 0.6) is 0 Å². The van der Waals surface area contributed by atoms with Gasteiger partial charge in [-0.2, -0.15) is 8.42 Å². The molecule has 106 valence electrons. The molecule has 1 aliphatic heterocycles. The number of aliphatic hydroxyl groups is 1. The standard InChI is InChI=1S/C12H15IO5S/c1-8-2-4-9(5-3-8)19(15,16)18-10-6-12(14)17-11(10)7-13/h2-5,10-12,14H,6-7H2,1H3/t10-,11+,12-/m0/s1. The molecule has 1 heterocycles. The van der Waals surface area contributed by atoms with E-state index in [-0.39, 0.29) is 11.3 Å². The minimum Gasteiger partial charge on any atom is -0.368 e. The van der Waals surface area contributed by atoms with Crippen molar-refractivity contribution in [2.45, 2.75) is 36.7 Å². The molecule has 3 atom stereocenters. The molecule has 2 rings (SSSR count). The number of aryl methyl sites for hydroxylation is 1. The van der Waals surface area contributed by atoms with Gasteiger partial charge in [-0.15, -0.1) is 0 Å². The number of benzene rings is 1. The van der Waals surface area contributed by atoms with Gasteiger partial charge in [0.2, 0.25) is 0 Å². The van der Waals surface area contributed by atoms with Crippen LogP contribution in [0.4, 0.5) is 0 Å². The molecule has 1 aromatic rings. The first-order valence-corrected chi connectivity index (χ1v) is 8.75. The maximum Gasteiger partial charge on any atom is 0.297 e. The molecule has 0 radical (unpaired) electrons. The van der Waals surface area contributed by atoms with Gasteiger partial charge in [-0.25, -0.2) is 0 Å². The van der Waals surface area contributed by atoms with Crippen LogP contribution < -0.4 is 0 Å². The van der Waals surface area contributed by atoms with Gasteiger partial charge in [0.15, 0.2) is 6.29 Å². The fourth-order valence-electron chi connectivity index (χ4n) is 1.86. The molecule has 19 heavy (non-hydrogen) atoms. The van der Waals surface area contributed by atoms with Gasteiger partial charge in [-0.05, 0) is 19.1 Å². The Morgan fingerprint density at radius 3 is 2.63 bits per heavy atom. The van der Waals surface area contributed by atoms with Gasteiger partial charge in [-0.3, -0.25) is 4.18 Å². The van der Waals surface area contributed by atoms with Crippen molar-refractivity contribution in [3.63, 3.8) is 0 Å². The van der Waals surface area contributed by atoms with Crippen molar-refractivity contribution in [3.8, 4) is 0 Å². The van der Waals surface area contributed by atoms with Crippen LogP contribution in [-0.2, 0) is 19.0 Å². The Morgan fingerprint density at radius 2 is 2.05 bits per heavy atom. The van der Waals surface area contributed by atoms with Gasteiger partial charge >= 0.3 is 0 Å². The summed E-state index contributed by atoms with van der Waals surface area (Å²) in [6.45, 7) is 1.88. The number of halogens is 1. The quantitative estimate of drug-likeness (QED) is 0.474. The van der Waals surface area contributed by atoms with Gasteiger partial charge < -0.3 is 9.84 Å². The SMILES string of the molecule is Cc1ccc(S(=O)(=O)O[C@H]2C[C@@H](O)O[C@@H]2CI)cc1. The molecular formula is C12H15IO5S. The second-order valence-electron chi connectivity index (χ2n) is 4.42. The molecule has 1 saturated heterocycles. The van der Waals surface area contributed by atoms with Crippen molar-refractivity contribution in [1.29, 1.82) is 0 Å². The highest BCUT2D eigenvalue weighted by Gasteiger charge is 2.37. The summed E-state index contributed by atoms with van der Waals surface area (Å²) in [5.74, 6) is 0. The first-order chi connectivity index (χ1) is 8.92. The maximum absolute atomic E-state index is 12.1. The lowest BCUT2D eigenvalue weighted by molar-refractivity contribution is -0.0859. The molecule has 0 aliphatic carbocycles. The van der Waals surface area contributed by atoms with E-state index in [1.165, 1.54) is 12.1 Å². The van der Waals surface area contributed by atoms with E-state index in [2.05, 4.69) is 22.6 Å². The molecule has 0 amide bonds. The molecule has 0 saturated carbocycles. The minimum atomic E-state index is -3.82. The summed E-state index contributed by atoms with van der Waals surface area (Å²) in [6.07, 6.45) is -1.84. The second-order valence-corrected chi connectivity index (χ2v) is 6.87. The maximum atomic E-state index is 12.1. The molecule has 1 aromatic carbocycles. The van der Waals surface area contributed by atoms with Crippen molar-refractivity contribution in [2.24, 2.45) is 0 Å². The van der Waals surface area contributed by atoms with E-state index in [4.69, 9.17) is 8.92 Å². The Hall–Kier alpha value is -0.220. The van der Waals surface area contributed by atoms with Crippen LogP contribution in [-0.4, -0.2) is 36.4 Å². The van der Waals surface area contributed by atoms with E-state index in [0.717, 1.165) is 5.56 Å². The Labute approximate surface area is 126 Å². The Bertz CT molecular complexity index is 528. The highest BCUT2D eigenvalue weighted by molar-refractivity contribution is 14.1. The fourth-order valence-corrected chi connectivity index (χ4v) is 3.74. The zero-order valence-corrected chi connectivity index (χ0v) is 13.3. The van der Waals surface area contributed by atoms with Crippen LogP contribution in [0.15, 0.2) is 29.2 Å². The van der Waals surface area contributed by atoms with Gasteiger partial charge in [0, 0.05) is 10.8 Å².